The number of carbonyl (C=O) groups excluding carboxylic acids is 2. The molecule has 2 heterocycles. The van der Waals surface area contributed by atoms with E-state index in [2.05, 4.69) is 5.32 Å². The molecule has 1 N–H and O–H groups in total. The van der Waals surface area contributed by atoms with Crippen LogP contribution in [0, 0.1) is 5.82 Å². The van der Waals surface area contributed by atoms with Crippen LogP contribution < -0.4 is 19.5 Å². The Bertz CT molecular complexity index is 1080. The van der Waals surface area contributed by atoms with Crippen molar-refractivity contribution in [3.05, 3.63) is 77.5 Å². The molecule has 1 aromatic heterocycles. The number of hydrogen-bond acceptors (Lipinski definition) is 7. The maximum absolute atomic E-state index is 12.9. The summed E-state index contributed by atoms with van der Waals surface area (Å²) in [5.74, 6) is 0.463. The molecule has 0 spiro atoms. The monoisotopic (exact) mass is 427 g/mol. The molecule has 160 valence electrons. The highest BCUT2D eigenvalue weighted by atomic mass is 19.1. The van der Waals surface area contributed by atoms with Gasteiger partial charge in [-0.25, -0.2) is 9.18 Å². The summed E-state index contributed by atoms with van der Waals surface area (Å²) in [4.78, 5) is 24.0. The van der Waals surface area contributed by atoms with Crippen molar-refractivity contribution in [1.29, 1.82) is 0 Å². The summed E-state index contributed by atoms with van der Waals surface area (Å²) < 4.78 is 39.2. The summed E-state index contributed by atoms with van der Waals surface area (Å²) in [6.45, 7) is 0.0209. The molecule has 0 atom stereocenters. The fourth-order valence-electron chi connectivity index (χ4n) is 2.76. The van der Waals surface area contributed by atoms with Crippen molar-refractivity contribution in [3.8, 4) is 17.2 Å². The second-order valence-electron chi connectivity index (χ2n) is 6.55. The first-order chi connectivity index (χ1) is 15.1. The van der Waals surface area contributed by atoms with Gasteiger partial charge in [-0.1, -0.05) is 6.07 Å². The lowest BCUT2D eigenvalue weighted by Crippen LogP contribution is -2.28. The highest BCUT2D eigenvalue weighted by molar-refractivity contribution is 5.88. The molecular weight excluding hydrogens is 409 g/mol. The van der Waals surface area contributed by atoms with Crippen molar-refractivity contribution in [3.63, 3.8) is 0 Å². The van der Waals surface area contributed by atoms with E-state index in [1.54, 1.807) is 24.3 Å². The molecule has 1 aliphatic rings. The van der Waals surface area contributed by atoms with Crippen LogP contribution >= 0.6 is 0 Å². The van der Waals surface area contributed by atoms with Crippen molar-refractivity contribution >= 4 is 11.9 Å². The van der Waals surface area contributed by atoms with E-state index in [1.807, 2.05) is 0 Å². The molecule has 0 aliphatic carbocycles. The van der Waals surface area contributed by atoms with Crippen LogP contribution in [-0.2, 0) is 22.7 Å². The van der Waals surface area contributed by atoms with Gasteiger partial charge in [-0.15, -0.1) is 0 Å². The molecule has 0 saturated carbocycles. The van der Waals surface area contributed by atoms with E-state index in [0.717, 1.165) is 5.56 Å². The van der Waals surface area contributed by atoms with Crippen LogP contribution in [0.5, 0.6) is 17.2 Å². The maximum Gasteiger partial charge on any atom is 0.374 e. The Morgan fingerprint density at radius 1 is 1.00 bits per heavy atom. The zero-order chi connectivity index (χ0) is 21.6. The third-order valence-corrected chi connectivity index (χ3v) is 4.32. The average Bonchev–Trinajstić information content (AvgIpc) is 3.45. The highest BCUT2D eigenvalue weighted by Crippen LogP contribution is 2.32. The van der Waals surface area contributed by atoms with E-state index in [9.17, 15) is 14.0 Å². The average molecular weight is 427 g/mol. The van der Waals surface area contributed by atoms with Crippen molar-refractivity contribution in [2.45, 2.75) is 13.2 Å². The molecular formula is C22H18FNO7. The van der Waals surface area contributed by atoms with E-state index in [0.29, 0.717) is 23.0 Å². The van der Waals surface area contributed by atoms with Crippen molar-refractivity contribution in [2.75, 3.05) is 13.4 Å². The quantitative estimate of drug-likeness (QED) is 0.552. The van der Waals surface area contributed by atoms with Gasteiger partial charge in [-0.05, 0) is 54.1 Å². The number of halogens is 1. The predicted molar refractivity (Wildman–Crippen MR) is 104 cm³/mol. The van der Waals surface area contributed by atoms with Crippen LogP contribution in [0.2, 0.25) is 0 Å². The standard InChI is InChI=1S/C22H18FNO7/c23-15-2-4-16(5-3-15)27-11-17-6-8-19(31-17)22(26)28-12-21(25)24-10-14-1-7-18-20(9-14)30-13-29-18/h1-9H,10-13H2,(H,24,25). The molecule has 1 amide bonds. The van der Waals surface area contributed by atoms with Gasteiger partial charge in [0.1, 0.15) is 23.9 Å². The minimum absolute atomic E-state index is 0.0505. The number of esters is 1. The van der Waals surface area contributed by atoms with E-state index < -0.39 is 18.5 Å². The number of fused-ring (bicyclic) bond motifs is 1. The summed E-state index contributed by atoms with van der Waals surface area (Å²) in [6, 6.07) is 13.8. The second kappa shape index (κ2) is 9.21. The molecule has 9 heteroatoms. The Balaban J connectivity index is 1.20. The van der Waals surface area contributed by atoms with Crippen LogP contribution in [0.15, 0.2) is 59.0 Å². The Morgan fingerprint density at radius 2 is 1.81 bits per heavy atom. The Morgan fingerprint density at radius 3 is 2.65 bits per heavy atom. The molecule has 0 fully saturated rings. The first-order valence-electron chi connectivity index (χ1n) is 9.36. The fourth-order valence-corrected chi connectivity index (χ4v) is 2.76. The Labute approximate surface area is 176 Å². The number of amides is 1. The molecule has 0 radical (unpaired) electrons. The minimum atomic E-state index is -0.772. The second-order valence-corrected chi connectivity index (χ2v) is 6.55. The minimum Gasteiger partial charge on any atom is -0.486 e. The van der Waals surface area contributed by atoms with Gasteiger partial charge in [0.25, 0.3) is 5.91 Å². The van der Waals surface area contributed by atoms with Crippen LogP contribution in [0.25, 0.3) is 0 Å². The summed E-state index contributed by atoms with van der Waals surface area (Å²) in [7, 11) is 0. The van der Waals surface area contributed by atoms with E-state index in [1.165, 1.54) is 30.3 Å². The van der Waals surface area contributed by atoms with Gasteiger partial charge >= 0.3 is 5.97 Å². The van der Waals surface area contributed by atoms with Crippen molar-refractivity contribution in [1.82, 2.24) is 5.32 Å². The van der Waals surface area contributed by atoms with E-state index >= 15 is 0 Å². The molecule has 1 aliphatic heterocycles. The summed E-state index contributed by atoms with van der Waals surface area (Å²) in [6.07, 6.45) is 0. The number of hydrogen-bond donors (Lipinski definition) is 1. The summed E-state index contributed by atoms with van der Waals surface area (Å²) in [5, 5.41) is 2.65. The maximum atomic E-state index is 12.9. The molecule has 2 aromatic carbocycles. The van der Waals surface area contributed by atoms with Gasteiger partial charge in [-0.2, -0.15) is 0 Å². The number of nitrogens with one attached hydrogen (secondary N) is 1. The lowest BCUT2D eigenvalue weighted by atomic mass is 10.2. The molecule has 4 rings (SSSR count). The predicted octanol–water partition coefficient (Wildman–Crippen LogP) is 3.20. The SMILES string of the molecule is O=C(COC(=O)c1ccc(COc2ccc(F)cc2)o1)NCc1ccc2c(c1)OCO2. The highest BCUT2D eigenvalue weighted by Gasteiger charge is 2.16. The number of ether oxygens (including phenoxy) is 4. The zero-order valence-corrected chi connectivity index (χ0v) is 16.3. The number of carbonyl (C=O) groups is 2. The Hall–Kier alpha value is -4.01. The zero-order valence-electron chi connectivity index (χ0n) is 16.3. The van der Waals surface area contributed by atoms with Crippen molar-refractivity contribution < 1.29 is 37.3 Å². The summed E-state index contributed by atoms with van der Waals surface area (Å²) in [5.41, 5.74) is 0.820. The third-order valence-electron chi connectivity index (χ3n) is 4.32. The molecule has 8 nitrogen and oxygen atoms in total. The molecule has 3 aromatic rings. The van der Waals surface area contributed by atoms with E-state index in [4.69, 9.17) is 23.4 Å². The Kier molecular flexibility index (Phi) is 6.02. The van der Waals surface area contributed by atoms with Crippen LogP contribution in [0.3, 0.4) is 0 Å². The van der Waals surface area contributed by atoms with Gasteiger partial charge in [-0.3, -0.25) is 4.79 Å². The van der Waals surface area contributed by atoms with Gasteiger partial charge in [0.2, 0.25) is 12.6 Å². The normalized spacial score (nSPS) is 11.8. The number of benzene rings is 2. The largest absolute Gasteiger partial charge is 0.486 e. The lowest BCUT2D eigenvalue weighted by molar-refractivity contribution is -0.124. The molecule has 0 unspecified atom stereocenters. The van der Waals surface area contributed by atoms with Crippen molar-refractivity contribution in [2.24, 2.45) is 0 Å². The van der Waals surface area contributed by atoms with Gasteiger partial charge in [0.05, 0.1) is 0 Å². The number of rotatable bonds is 8. The van der Waals surface area contributed by atoms with Crippen LogP contribution in [0.4, 0.5) is 4.39 Å². The van der Waals surface area contributed by atoms with Crippen LogP contribution in [-0.4, -0.2) is 25.3 Å². The lowest BCUT2D eigenvalue weighted by Gasteiger charge is -2.07. The van der Waals surface area contributed by atoms with Gasteiger partial charge in [0, 0.05) is 6.54 Å². The third kappa shape index (κ3) is 5.33. The first kappa shape index (κ1) is 20.3. The summed E-state index contributed by atoms with van der Waals surface area (Å²) >= 11 is 0. The van der Waals surface area contributed by atoms with Crippen LogP contribution in [0.1, 0.15) is 21.9 Å². The molecule has 31 heavy (non-hydrogen) atoms. The fraction of sp³-hybridized carbons (Fsp3) is 0.182. The van der Waals surface area contributed by atoms with Gasteiger partial charge in [0.15, 0.2) is 18.1 Å². The van der Waals surface area contributed by atoms with E-state index in [-0.39, 0.29) is 31.5 Å². The number of furan rings is 1. The smallest absolute Gasteiger partial charge is 0.374 e. The first-order valence-corrected chi connectivity index (χ1v) is 9.36. The van der Waals surface area contributed by atoms with Gasteiger partial charge < -0.3 is 28.7 Å². The molecule has 0 bridgehead atoms. The molecule has 0 saturated heterocycles. The topological polar surface area (TPSA) is 96.2 Å².